The van der Waals surface area contributed by atoms with Crippen LogP contribution in [0.2, 0.25) is 5.02 Å². The lowest BCUT2D eigenvalue weighted by Crippen LogP contribution is -2.08. The molecule has 0 aliphatic carbocycles. The highest BCUT2D eigenvalue weighted by molar-refractivity contribution is 7.84. The maximum absolute atomic E-state index is 12.3. The smallest absolute Gasteiger partial charge is 0.224 e. The minimum absolute atomic E-state index is 0.00130. The fourth-order valence-corrected chi connectivity index (χ4v) is 2.85. The molecule has 3 rings (SSSR count). The number of nitrogens with two attached hydrogens (primary N) is 2. The molecule has 0 aliphatic heterocycles. The topological polar surface area (TPSA) is 134 Å². The van der Waals surface area contributed by atoms with E-state index in [0.717, 1.165) is 0 Å². The summed E-state index contributed by atoms with van der Waals surface area (Å²) in [6, 6.07) is 6.71. The lowest BCUT2D eigenvalue weighted by atomic mass is 10.4. The van der Waals surface area contributed by atoms with Crippen LogP contribution in [0.25, 0.3) is 11.2 Å². The van der Waals surface area contributed by atoms with E-state index < -0.39 is 10.8 Å². The molecule has 0 saturated carbocycles. The van der Waals surface area contributed by atoms with Crippen molar-refractivity contribution in [3.63, 3.8) is 0 Å². The van der Waals surface area contributed by atoms with E-state index in [1.54, 1.807) is 24.3 Å². The molecule has 0 fully saturated rings. The zero-order valence-electron chi connectivity index (χ0n) is 11.1. The van der Waals surface area contributed by atoms with Crippen LogP contribution in [0.5, 0.6) is 0 Å². The number of nitrogens with zero attached hydrogens (tertiary/aromatic N) is 5. The molecule has 0 radical (unpaired) electrons. The molecule has 0 bridgehead atoms. The first-order valence-electron chi connectivity index (χ1n) is 6.09. The Morgan fingerprint density at radius 1 is 1.05 bits per heavy atom. The number of aromatic nitrogens is 5. The second-order valence-electron chi connectivity index (χ2n) is 4.31. The lowest BCUT2D eigenvalue weighted by molar-refractivity contribution is 0.681. The van der Waals surface area contributed by atoms with Gasteiger partial charge in [-0.05, 0) is 24.3 Å². The van der Waals surface area contributed by atoms with Gasteiger partial charge in [-0.25, -0.2) is 4.98 Å². The van der Waals surface area contributed by atoms with Crippen molar-refractivity contribution >= 4 is 45.3 Å². The standard InChI is InChI=1S/C12H10ClN7OS/c13-6-1-3-7(4-2-6)22(21)5-8-16-9-10(14)17-12(15)18-11(9)20-19-8/h1-4H,5H2,(H4,14,15,17,18,20). The molecule has 1 unspecified atom stereocenters. The molecular formula is C12H10ClN7OS. The molecular weight excluding hydrogens is 326 g/mol. The van der Waals surface area contributed by atoms with Gasteiger partial charge in [-0.15, -0.1) is 10.2 Å². The first kappa shape index (κ1) is 14.5. The van der Waals surface area contributed by atoms with Crippen LogP contribution in [0.3, 0.4) is 0 Å². The zero-order valence-corrected chi connectivity index (χ0v) is 12.7. The molecule has 0 amide bonds. The Hall–Kier alpha value is -2.39. The summed E-state index contributed by atoms with van der Waals surface area (Å²) < 4.78 is 12.3. The van der Waals surface area contributed by atoms with Gasteiger partial charge in [0, 0.05) is 9.92 Å². The maximum atomic E-state index is 12.3. The average molecular weight is 336 g/mol. The van der Waals surface area contributed by atoms with Crippen molar-refractivity contribution in [2.45, 2.75) is 10.6 Å². The average Bonchev–Trinajstić information content (AvgIpc) is 2.48. The molecule has 10 heteroatoms. The molecule has 112 valence electrons. The van der Waals surface area contributed by atoms with Crippen LogP contribution in [-0.4, -0.2) is 29.4 Å². The Morgan fingerprint density at radius 2 is 1.77 bits per heavy atom. The number of hydrogen-bond donors (Lipinski definition) is 2. The van der Waals surface area contributed by atoms with E-state index in [9.17, 15) is 4.21 Å². The number of fused-ring (bicyclic) bond motifs is 1. The van der Waals surface area contributed by atoms with Crippen molar-refractivity contribution in [1.82, 2.24) is 25.1 Å². The fourth-order valence-electron chi connectivity index (χ4n) is 1.76. The fraction of sp³-hybridized carbons (Fsp3) is 0.0833. The Balaban J connectivity index is 1.90. The SMILES string of the molecule is Nc1nc(N)c2nc(CS(=O)c3ccc(Cl)cc3)nnc2n1. The second-order valence-corrected chi connectivity index (χ2v) is 6.20. The highest BCUT2D eigenvalue weighted by atomic mass is 35.5. The summed E-state index contributed by atoms with van der Waals surface area (Å²) in [7, 11) is -1.33. The largest absolute Gasteiger partial charge is 0.382 e. The first-order chi connectivity index (χ1) is 10.5. The van der Waals surface area contributed by atoms with Gasteiger partial charge in [0.05, 0.1) is 16.6 Å². The predicted molar refractivity (Wildman–Crippen MR) is 83.3 cm³/mol. The number of hydrogen-bond acceptors (Lipinski definition) is 8. The maximum Gasteiger partial charge on any atom is 0.224 e. The van der Waals surface area contributed by atoms with Crippen molar-refractivity contribution in [3.8, 4) is 0 Å². The normalized spacial score (nSPS) is 12.4. The first-order valence-corrected chi connectivity index (χ1v) is 7.79. The Bertz CT molecular complexity index is 871. The van der Waals surface area contributed by atoms with E-state index in [1.165, 1.54) is 0 Å². The molecule has 0 aliphatic rings. The van der Waals surface area contributed by atoms with Gasteiger partial charge < -0.3 is 11.5 Å². The highest BCUT2D eigenvalue weighted by Gasteiger charge is 2.12. The van der Waals surface area contributed by atoms with Crippen LogP contribution in [0.1, 0.15) is 5.82 Å². The number of nitrogen functional groups attached to an aromatic ring is 2. The molecule has 4 N–H and O–H groups in total. The second kappa shape index (κ2) is 5.78. The quantitative estimate of drug-likeness (QED) is 0.722. The van der Waals surface area contributed by atoms with E-state index in [0.29, 0.717) is 9.92 Å². The van der Waals surface area contributed by atoms with Crippen molar-refractivity contribution in [2.24, 2.45) is 0 Å². The molecule has 0 saturated heterocycles. The molecule has 2 heterocycles. The number of anilines is 2. The van der Waals surface area contributed by atoms with Crippen LogP contribution in [0.15, 0.2) is 29.2 Å². The van der Waals surface area contributed by atoms with Crippen molar-refractivity contribution in [3.05, 3.63) is 35.1 Å². The summed E-state index contributed by atoms with van der Waals surface area (Å²) in [4.78, 5) is 12.5. The van der Waals surface area contributed by atoms with Crippen LogP contribution in [0.4, 0.5) is 11.8 Å². The number of rotatable bonds is 3. The Kier molecular flexibility index (Phi) is 3.82. The summed E-state index contributed by atoms with van der Waals surface area (Å²) in [5.74, 6) is 0.476. The molecule has 1 atom stereocenters. The summed E-state index contributed by atoms with van der Waals surface area (Å²) in [5.41, 5.74) is 11.7. The van der Waals surface area contributed by atoms with Crippen LogP contribution >= 0.6 is 11.6 Å². The Morgan fingerprint density at radius 3 is 2.50 bits per heavy atom. The van der Waals surface area contributed by atoms with Gasteiger partial charge in [-0.1, -0.05) is 11.6 Å². The van der Waals surface area contributed by atoms with E-state index in [1.807, 2.05) is 0 Å². The van der Waals surface area contributed by atoms with Crippen molar-refractivity contribution in [2.75, 3.05) is 11.5 Å². The summed E-state index contributed by atoms with van der Waals surface area (Å²) in [6.07, 6.45) is 0. The third kappa shape index (κ3) is 2.95. The lowest BCUT2D eigenvalue weighted by Gasteiger charge is -2.04. The Labute approximate surface area is 132 Å². The third-order valence-corrected chi connectivity index (χ3v) is 4.32. The summed E-state index contributed by atoms with van der Waals surface area (Å²) in [5, 5.41) is 8.35. The highest BCUT2D eigenvalue weighted by Crippen LogP contribution is 2.17. The van der Waals surface area contributed by atoms with Crippen molar-refractivity contribution in [1.29, 1.82) is 0 Å². The van der Waals surface area contributed by atoms with Gasteiger partial charge >= 0.3 is 0 Å². The van der Waals surface area contributed by atoms with E-state index in [4.69, 9.17) is 23.1 Å². The number of halogens is 1. The molecule has 3 aromatic rings. The van der Waals surface area contributed by atoms with Gasteiger partial charge in [0.15, 0.2) is 17.2 Å². The summed E-state index contributed by atoms with van der Waals surface area (Å²) >= 11 is 5.80. The van der Waals surface area contributed by atoms with Gasteiger partial charge in [0.1, 0.15) is 0 Å². The number of benzene rings is 1. The van der Waals surface area contributed by atoms with E-state index in [2.05, 4.69) is 25.1 Å². The zero-order chi connectivity index (χ0) is 15.7. The van der Waals surface area contributed by atoms with Crippen LogP contribution in [-0.2, 0) is 16.6 Å². The molecule has 8 nitrogen and oxygen atoms in total. The monoisotopic (exact) mass is 335 g/mol. The van der Waals surface area contributed by atoms with Gasteiger partial charge in [0.25, 0.3) is 0 Å². The van der Waals surface area contributed by atoms with Crippen molar-refractivity contribution < 1.29 is 4.21 Å². The van der Waals surface area contributed by atoms with Gasteiger partial charge in [-0.3, -0.25) is 4.21 Å². The summed E-state index contributed by atoms with van der Waals surface area (Å²) in [6.45, 7) is 0. The van der Waals surface area contributed by atoms with Crippen LogP contribution < -0.4 is 11.5 Å². The minimum atomic E-state index is -1.33. The minimum Gasteiger partial charge on any atom is -0.382 e. The van der Waals surface area contributed by atoms with E-state index >= 15 is 0 Å². The van der Waals surface area contributed by atoms with E-state index in [-0.39, 0.29) is 34.5 Å². The molecule has 0 spiro atoms. The van der Waals surface area contributed by atoms with Gasteiger partial charge in [0.2, 0.25) is 11.6 Å². The predicted octanol–water partition coefficient (Wildman–Crippen LogP) is 0.940. The third-order valence-electron chi connectivity index (χ3n) is 2.75. The molecule has 1 aromatic carbocycles. The molecule has 2 aromatic heterocycles. The van der Waals surface area contributed by atoms with Crippen LogP contribution in [0, 0.1) is 0 Å². The van der Waals surface area contributed by atoms with Gasteiger partial charge in [-0.2, -0.15) is 9.97 Å². The molecule has 22 heavy (non-hydrogen) atoms.